The molecule has 0 radical (unpaired) electrons. The van der Waals surface area contributed by atoms with E-state index in [1.54, 1.807) is 36.3 Å². The minimum absolute atomic E-state index is 0.109. The van der Waals surface area contributed by atoms with Gasteiger partial charge in [-0.05, 0) is 36.1 Å². The quantitative estimate of drug-likeness (QED) is 0.584. The van der Waals surface area contributed by atoms with E-state index in [2.05, 4.69) is 0 Å². The molecule has 28 heavy (non-hydrogen) atoms. The van der Waals surface area contributed by atoms with Gasteiger partial charge in [-0.3, -0.25) is 9.59 Å². The molecule has 0 heterocycles. The first-order valence-electron chi connectivity index (χ1n) is 9.19. The first kappa shape index (κ1) is 19.4. The van der Waals surface area contributed by atoms with Crippen molar-refractivity contribution in [2.75, 3.05) is 25.2 Å². The van der Waals surface area contributed by atoms with Crippen LogP contribution in [-0.4, -0.2) is 32.1 Å². The third-order valence-corrected chi connectivity index (χ3v) is 4.54. The largest absolute Gasteiger partial charge is 0.497 e. The van der Waals surface area contributed by atoms with Gasteiger partial charge in [0.1, 0.15) is 5.75 Å². The van der Waals surface area contributed by atoms with Crippen LogP contribution in [0, 0.1) is 0 Å². The highest BCUT2D eigenvalue weighted by molar-refractivity contribution is 6.04. The molecule has 0 N–H and O–H groups in total. The number of fused-ring (bicyclic) bond motifs is 1. The number of methoxy groups -OCH3 is 1. The second kappa shape index (κ2) is 9.04. The van der Waals surface area contributed by atoms with Gasteiger partial charge in [0.2, 0.25) is 0 Å². The van der Waals surface area contributed by atoms with E-state index in [0.717, 1.165) is 27.8 Å². The topological polar surface area (TPSA) is 55.8 Å². The van der Waals surface area contributed by atoms with Crippen LogP contribution in [0.25, 0.3) is 10.8 Å². The number of amides is 1. The number of hydrogen-bond donors (Lipinski definition) is 0. The van der Waals surface area contributed by atoms with Gasteiger partial charge in [0.05, 0.1) is 19.2 Å². The van der Waals surface area contributed by atoms with Crippen LogP contribution in [0.1, 0.15) is 12.5 Å². The van der Waals surface area contributed by atoms with Crippen LogP contribution < -0.4 is 9.64 Å². The predicted molar refractivity (Wildman–Crippen MR) is 110 cm³/mol. The van der Waals surface area contributed by atoms with Gasteiger partial charge in [0.15, 0.2) is 6.61 Å². The van der Waals surface area contributed by atoms with Crippen LogP contribution in [0.3, 0.4) is 0 Å². The van der Waals surface area contributed by atoms with Crippen LogP contribution in [0.5, 0.6) is 5.75 Å². The maximum atomic E-state index is 12.7. The molecule has 0 saturated carbocycles. The van der Waals surface area contributed by atoms with Crippen molar-refractivity contribution >= 4 is 28.3 Å². The van der Waals surface area contributed by atoms with E-state index in [4.69, 9.17) is 9.47 Å². The Labute approximate surface area is 164 Å². The minimum atomic E-state index is -0.438. The fourth-order valence-electron chi connectivity index (χ4n) is 3.11. The third kappa shape index (κ3) is 4.49. The molecule has 3 aromatic carbocycles. The van der Waals surface area contributed by atoms with Gasteiger partial charge < -0.3 is 14.4 Å². The maximum absolute atomic E-state index is 12.7. The number of esters is 1. The molecule has 0 atom stereocenters. The van der Waals surface area contributed by atoms with Crippen molar-refractivity contribution < 1.29 is 19.1 Å². The van der Waals surface area contributed by atoms with E-state index in [9.17, 15) is 9.59 Å². The molecule has 144 valence electrons. The summed E-state index contributed by atoms with van der Waals surface area (Å²) in [4.78, 5) is 26.4. The smallest absolute Gasteiger partial charge is 0.310 e. The number of hydrogen-bond acceptors (Lipinski definition) is 4. The molecule has 3 aromatic rings. The molecule has 0 aliphatic heterocycles. The van der Waals surface area contributed by atoms with Gasteiger partial charge >= 0.3 is 5.97 Å². The molecule has 0 aliphatic rings. The van der Waals surface area contributed by atoms with E-state index in [1.165, 1.54) is 0 Å². The summed E-state index contributed by atoms with van der Waals surface area (Å²) in [7, 11) is 1.59. The van der Waals surface area contributed by atoms with E-state index in [-0.39, 0.29) is 18.9 Å². The molecule has 0 fully saturated rings. The Morgan fingerprint density at radius 3 is 2.36 bits per heavy atom. The van der Waals surface area contributed by atoms with Crippen molar-refractivity contribution in [3.05, 3.63) is 72.3 Å². The highest BCUT2D eigenvalue weighted by Gasteiger charge is 2.18. The Hall–Kier alpha value is -3.34. The van der Waals surface area contributed by atoms with Crippen molar-refractivity contribution in [1.29, 1.82) is 0 Å². The summed E-state index contributed by atoms with van der Waals surface area (Å²) in [5.41, 5.74) is 1.62. The molecule has 0 spiro atoms. The Balaban J connectivity index is 1.64. The summed E-state index contributed by atoms with van der Waals surface area (Å²) >= 11 is 0. The van der Waals surface area contributed by atoms with Crippen molar-refractivity contribution in [3.63, 3.8) is 0 Å². The predicted octanol–water partition coefficient (Wildman–Crippen LogP) is 3.99. The molecule has 5 heteroatoms. The summed E-state index contributed by atoms with van der Waals surface area (Å²) < 4.78 is 10.3. The zero-order chi connectivity index (χ0) is 19.9. The van der Waals surface area contributed by atoms with Crippen LogP contribution >= 0.6 is 0 Å². The van der Waals surface area contributed by atoms with Crippen molar-refractivity contribution in [1.82, 2.24) is 0 Å². The second-order valence-electron chi connectivity index (χ2n) is 6.32. The molecular weight excluding hydrogens is 354 g/mol. The molecule has 0 aromatic heterocycles. The normalized spacial score (nSPS) is 10.5. The molecule has 0 bridgehead atoms. The first-order valence-corrected chi connectivity index (χ1v) is 9.19. The molecule has 0 unspecified atom stereocenters. The molecule has 3 rings (SSSR count). The Kier molecular flexibility index (Phi) is 6.27. The highest BCUT2D eigenvalue weighted by atomic mass is 16.5. The monoisotopic (exact) mass is 377 g/mol. The summed E-state index contributed by atoms with van der Waals surface area (Å²) in [5.74, 6) is 0.0374. The lowest BCUT2D eigenvalue weighted by Crippen LogP contribution is -2.34. The molecule has 5 nitrogen and oxygen atoms in total. The lowest BCUT2D eigenvalue weighted by molar-refractivity contribution is -0.147. The van der Waals surface area contributed by atoms with E-state index in [0.29, 0.717) is 6.54 Å². The van der Waals surface area contributed by atoms with Crippen molar-refractivity contribution in [3.8, 4) is 5.75 Å². The van der Waals surface area contributed by atoms with Crippen LogP contribution in [0.4, 0.5) is 5.69 Å². The number of likely N-dealkylation sites (N-methyl/N-ethyl adjacent to an activating group) is 1. The van der Waals surface area contributed by atoms with E-state index < -0.39 is 5.97 Å². The van der Waals surface area contributed by atoms with Crippen molar-refractivity contribution in [2.45, 2.75) is 13.3 Å². The fourth-order valence-corrected chi connectivity index (χ4v) is 3.11. The zero-order valence-electron chi connectivity index (χ0n) is 16.1. The number of rotatable bonds is 7. The SMILES string of the molecule is CCN(C(=O)COC(=O)Cc1ccc(OC)cc1)c1cccc2ccccc12. The number of carbonyl (C=O) groups is 2. The number of anilines is 1. The van der Waals surface area contributed by atoms with Gasteiger partial charge in [0, 0.05) is 11.9 Å². The molecule has 0 aliphatic carbocycles. The van der Waals surface area contributed by atoms with E-state index >= 15 is 0 Å². The van der Waals surface area contributed by atoms with Gasteiger partial charge in [-0.1, -0.05) is 48.5 Å². The Morgan fingerprint density at radius 1 is 0.929 bits per heavy atom. The Bertz CT molecular complexity index is 961. The first-order chi connectivity index (χ1) is 13.6. The summed E-state index contributed by atoms with van der Waals surface area (Å²) in [6.45, 7) is 2.10. The average molecular weight is 377 g/mol. The molecule has 0 saturated heterocycles. The second-order valence-corrected chi connectivity index (χ2v) is 6.32. The molecule has 1 amide bonds. The number of benzene rings is 3. The van der Waals surface area contributed by atoms with Crippen LogP contribution in [0.15, 0.2) is 66.7 Å². The standard InChI is InChI=1S/C23H23NO4/c1-3-24(21-10-6-8-18-7-4-5-9-20(18)21)22(25)16-28-23(26)15-17-11-13-19(27-2)14-12-17/h4-14H,3,15-16H2,1-2H3. The third-order valence-electron chi connectivity index (χ3n) is 4.54. The fraction of sp³-hybridized carbons (Fsp3) is 0.217. The van der Waals surface area contributed by atoms with Gasteiger partial charge in [-0.25, -0.2) is 0 Å². The lowest BCUT2D eigenvalue weighted by atomic mass is 10.1. The van der Waals surface area contributed by atoms with Crippen LogP contribution in [-0.2, 0) is 20.7 Å². The van der Waals surface area contributed by atoms with E-state index in [1.807, 2.05) is 49.4 Å². The summed E-state index contributed by atoms with van der Waals surface area (Å²) in [6.07, 6.45) is 0.109. The zero-order valence-corrected chi connectivity index (χ0v) is 16.1. The maximum Gasteiger partial charge on any atom is 0.310 e. The minimum Gasteiger partial charge on any atom is -0.497 e. The highest BCUT2D eigenvalue weighted by Crippen LogP contribution is 2.26. The average Bonchev–Trinajstić information content (AvgIpc) is 2.73. The Morgan fingerprint density at radius 2 is 1.64 bits per heavy atom. The number of ether oxygens (including phenoxy) is 2. The summed E-state index contributed by atoms with van der Waals surface area (Å²) in [5, 5.41) is 2.05. The molecular formula is C23H23NO4. The van der Waals surface area contributed by atoms with Crippen LogP contribution in [0.2, 0.25) is 0 Å². The number of carbonyl (C=O) groups excluding carboxylic acids is 2. The number of nitrogens with zero attached hydrogens (tertiary/aromatic N) is 1. The van der Waals surface area contributed by atoms with Crippen molar-refractivity contribution in [2.24, 2.45) is 0 Å². The summed E-state index contributed by atoms with van der Waals surface area (Å²) in [6, 6.07) is 20.9. The van der Waals surface area contributed by atoms with Gasteiger partial charge in [-0.15, -0.1) is 0 Å². The van der Waals surface area contributed by atoms with Gasteiger partial charge in [-0.2, -0.15) is 0 Å². The lowest BCUT2D eigenvalue weighted by Gasteiger charge is -2.22. The van der Waals surface area contributed by atoms with Gasteiger partial charge in [0.25, 0.3) is 5.91 Å².